The maximum Gasteiger partial charge on any atom is 0.192 e. The number of rotatable bonds is 5. The second-order valence-corrected chi connectivity index (χ2v) is 7.11. The molecule has 5 heteroatoms. The molecular formula is C15H23Cl2NO2. The Morgan fingerprint density at radius 1 is 1.30 bits per heavy atom. The SMILES string of the molecule is CC12CCC(/C(=C/N(CCCl)CCCl)C1=O)C(C)(C)O2. The molecular weight excluding hydrogens is 297 g/mol. The Labute approximate surface area is 131 Å². The Bertz CT molecular complexity index is 416. The lowest BCUT2D eigenvalue weighted by molar-refractivity contribution is -0.206. The number of fused-ring (bicyclic) bond motifs is 3. The van der Waals surface area contributed by atoms with Crippen LogP contribution in [0.25, 0.3) is 0 Å². The minimum Gasteiger partial charge on any atom is -0.375 e. The van der Waals surface area contributed by atoms with E-state index >= 15 is 0 Å². The molecule has 3 nitrogen and oxygen atoms in total. The zero-order valence-corrected chi connectivity index (χ0v) is 13.9. The summed E-state index contributed by atoms with van der Waals surface area (Å²) in [5.74, 6) is 1.33. The molecule has 3 fully saturated rings. The van der Waals surface area contributed by atoms with Gasteiger partial charge in [0.25, 0.3) is 0 Å². The summed E-state index contributed by atoms with van der Waals surface area (Å²) in [4.78, 5) is 14.7. The molecule has 2 saturated heterocycles. The third-order valence-electron chi connectivity index (χ3n) is 4.42. The minimum atomic E-state index is -0.669. The topological polar surface area (TPSA) is 29.5 Å². The number of halogens is 2. The largest absolute Gasteiger partial charge is 0.375 e. The third kappa shape index (κ3) is 2.86. The molecule has 2 heterocycles. The Morgan fingerprint density at radius 3 is 2.40 bits per heavy atom. The van der Waals surface area contributed by atoms with Crippen molar-refractivity contribution in [2.45, 2.75) is 44.8 Å². The van der Waals surface area contributed by atoms with Crippen molar-refractivity contribution in [3.05, 3.63) is 11.8 Å². The van der Waals surface area contributed by atoms with Gasteiger partial charge in [-0.05, 0) is 33.6 Å². The number of carbonyl (C=O) groups excluding carboxylic acids is 1. The molecule has 2 unspecified atom stereocenters. The molecule has 1 saturated carbocycles. The van der Waals surface area contributed by atoms with Crippen LogP contribution < -0.4 is 0 Å². The minimum absolute atomic E-state index is 0.127. The van der Waals surface area contributed by atoms with Crippen molar-refractivity contribution >= 4 is 29.0 Å². The van der Waals surface area contributed by atoms with Crippen molar-refractivity contribution in [1.82, 2.24) is 4.90 Å². The first-order valence-corrected chi connectivity index (χ1v) is 8.23. The normalized spacial score (nSPS) is 33.8. The van der Waals surface area contributed by atoms with E-state index in [-0.39, 0.29) is 17.3 Å². The van der Waals surface area contributed by atoms with Crippen molar-refractivity contribution in [1.29, 1.82) is 0 Å². The van der Waals surface area contributed by atoms with Crippen LogP contribution in [-0.4, -0.2) is 46.7 Å². The molecule has 3 aliphatic rings. The summed E-state index contributed by atoms with van der Waals surface area (Å²) in [5, 5.41) is 0. The van der Waals surface area contributed by atoms with Crippen LogP contribution in [0.15, 0.2) is 11.8 Å². The van der Waals surface area contributed by atoms with Crippen molar-refractivity contribution in [2.75, 3.05) is 24.8 Å². The van der Waals surface area contributed by atoms with Gasteiger partial charge in [-0.15, -0.1) is 23.2 Å². The molecule has 0 aromatic rings. The Morgan fingerprint density at radius 2 is 1.90 bits per heavy atom. The monoisotopic (exact) mass is 319 g/mol. The van der Waals surface area contributed by atoms with E-state index in [4.69, 9.17) is 27.9 Å². The lowest BCUT2D eigenvalue weighted by Gasteiger charge is -2.53. The maximum absolute atomic E-state index is 12.7. The molecule has 2 bridgehead atoms. The highest BCUT2D eigenvalue weighted by Gasteiger charge is 2.56. The van der Waals surface area contributed by atoms with Crippen LogP contribution in [0.2, 0.25) is 0 Å². The van der Waals surface area contributed by atoms with Crippen LogP contribution in [0.4, 0.5) is 0 Å². The molecule has 20 heavy (non-hydrogen) atoms. The first-order valence-electron chi connectivity index (χ1n) is 7.17. The lowest BCUT2D eigenvalue weighted by Crippen LogP contribution is -2.60. The van der Waals surface area contributed by atoms with E-state index in [2.05, 4.69) is 13.8 Å². The highest BCUT2D eigenvalue weighted by molar-refractivity contribution is 6.18. The quantitative estimate of drug-likeness (QED) is 0.575. The summed E-state index contributed by atoms with van der Waals surface area (Å²) >= 11 is 11.6. The first kappa shape index (κ1) is 16.1. The number of hydrogen-bond donors (Lipinski definition) is 0. The highest BCUT2D eigenvalue weighted by Crippen LogP contribution is 2.50. The van der Waals surface area contributed by atoms with Gasteiger partial charge in [-0.3, -0.25) is 4.79 Å². The molecule has 0 amide bonds. The fraction of sp³-hybridized carbons (Fsp3) is 0.800. The fourth-order valence-corrected chi connectivity index (χ4v) is 3.86. The summed E-state index contributed by atoms with van der Waals surface area (Å²) in [6.45, 7) is 7.46. The second-order valence-electron chi connectivity index (χ2n) is 6.36. The predicted molar refractivity (Wildman–Crippen MR) is 82.4 cm³/mol. The van der Waals surface area contributed by atoms with Crippen LogP contribution in [0, 0.1) is 5.92 Å². The van der Waals surface area contributed by atoms with Gasteiger partial charge < -0.3 is 9.64 Å². The average Bonchev–Trinajstić information content (AvgIpc) is 2.34. The molecule has 0 spiro atoms. The number of alkyl halides is 2. The van der Waals surface area contributed by atoms with E-state index in [0.29, 0.717) is 24.8 Å². The molecule has 2 aliphatic heterocycles. The van der Waals surface area contributed by atoms with Crippen LogP contribution in [0.5, 0.6) is 0 Å². The van der Waals surface area contributed by atoms with Crippen LogP contribution in [0.1, 0.15) is 33.6 Å². The third-order valence-corrected chi connectivity index (χ3v) is 4.76. The Hall–Kier alpha value is -0.250. The number of ether oxygens (including phenoxy) is 1. The van der Waals surface area contributed by atoms with E-state index in [9.17, 15) is 4.79 Å². The van der Waals surface area contributed by atoms with Crippen molar-refractivity contribution in [3.63, 3.8) is 0 Å². The first-order chi connectivity index (χ1) is 9.34. The van der Waals surface area contributed by atoms with Gasteiger partial charge in [-0.25, -0.2) is 0 Å². The summed E-state index contributed by atoms with van der Waals surface area (Å²) in [5.41, 5.74) is -0.0804. The van der Waals surface area contributed by atoms with Crippen molar-refractivity contribution in [2.24, 2.45) is 5.92 Å². The highest BCUT2D eigenvalue weighted by atomic mass is 35.5. The number of nitrogens with zero attached hydrogens (tertiary/aromatic N) is 1. The second kappa shape index (κ2) is 5.86. The maximum atomic E-state index is 12.7. The van der Waals surface area contributed by atoms with Crippen molar-refractivity contribution < 1.29 is 9.53 Å². The summed E-state index contributed by atoms with van der Waals surface area (Å²) in [7, 11) is 0. The predicted octanol–water partition coefficient (Wildman–Crippen LogP) is 3.20. The average molecular weight is 320 g/mol. The zero-order valence-electron chi connectivity index (χ0n) is 12.4. The molecule has 1 aliphatic carbocycles. The summed E-state index contributed by atoms with van der Waals surface area (Å²) in [6.07, 6.45) is 3.78. The van der Waals surface area contributed by atoms with Crippen molar-refractivity contribution in [3.8, 4) is 0 Å². The van der Waals surface area contributed by atoms with E-state index in [1.807, 2.05) is 18.0 Å². The van der Waals surface area contributed by atoms with E-state index < -0.39 is 5.60 Å². The van der Waals surface area contributed by atoms with Gasteiger partial charge >= 0.3 is 0 Å². The van der Waals surface area contributed by atoms with Gasteiger partial charge in [0.1, 0.15) is 5.60 Å². The smallest absolute Gasteiger partial charge is 0.192 e. The molecule has 2 atom stereocenters. The van der Waals surface area contributed by atoms with Gasteiger partial charge in [0.2, 0.25) is 0 Å². The summed E-state index contributed by atoms with van der Waals surface area (Å²) in [6, 6.07) is 0. The number of Topliss-reactive ketones (excluding diaryl/α,β-unsaturated/α-hetero) is 1. The molecule has 0 radical (unpaired) electrons. The lowest BCUT2D eigenvalue weighted by atomic mass is 9.65. The van der Waals surface area contributed by atoms with Gasteiger partial charge in [-0.1, -0.05) is 0 Å². The molecule has 0 aromatic heterocycles. The zero-order chi connectivity index (χ0) is 15.0. The summed E-state index contributed by atoms with van der Waals surface area (Å²) < 4.78 is 6.04. The number of hydrogen-bond acceptors (Lipinski definition) is 3. The van der Waals surface area contributed by atoms with E-state index in [1.165, 1.54) is 0 Å². The Balaban J connectivity index is 2.31. The standard InChI is InChI=1S/C15H23Cl2NO2/c1-14(2)12-4-5-15(3,20-14)13(19)11(12)10-18(8-6-16)9-7-17/h10,12H,4-9H2,1-3H3/b11-10-. The van der Waals surface area contributed by atoms with Gasteiger partial charge in [-0.2, -0.15) is 0 Å². The fourth-order valence-electron chi connectivity index (χ4n) is 3.43. The van der Waals surface area contributed by atoms with Gasteiger partial charge in [0.05, 0.1) is 5.60 Å². The van der Waals surface area contributed by atoms with Crippen LogP contribution in [-0.2, 0) is 9.53 Å². The van der Waals surface area contributed by atoms with Gasteiger partial charge in [0, 0.05) is 42.5 Å². The Kier molecular flexibility index (Phi) is 4.73. The van der Waals surface area contributed by atoms with Crippen LogP contribution in [0.3, 0.4) is 0 Å². The van der Waals surface area contributed by atoms with E-state index in [1.54, 1.807) is 0 Å². The number of carbonyl (C=O) groups is 1. The molecule has 0 N–H and O–H groups in total. The van der Waals surface area contributed by atoms with Gasteiger partial charge in [0.15, 0.2) is 5.78 Å². The molecule has 114 valence electrons. The molecule has 3 rings (SSSR count). The molecule has 0 aromatic carbocycles. The van der Waals surface area contributed by atoms with E-state index in [0.717, 1.165) is 18.4 Å². The number of ketones is 1. The van der Waals surface area contributed by atoms with Crippen LogP contribution >= 0.6 is 23.2 Å².